The Morgan fingerprint density at radius 1 is 1.22 bits per heavy atom. The van der Waals surface area contributed by atoms with E-state index in [2.05, 4.69) is 25.0 Å². The number of carbonyl (C=O) groups excluding carboxylic acids is 1. The molecule has 23 heavy (non-hydrogen) atoms. The zero-order valence-corrected chi connectivity index (χ0v) is 14.1. The Balaban J connectivity index is 1.81. The number of benzene rings is 2. The highest BCUT2D eigenvalue weighted by molar-refractivity contribution is 6.73. The minimum Gasteiger partial charge on any atom is -0.490 e. The van der Waals surface area contributed by atoms with Crippen molar-refractivity contribution >= 4 is 18.0 Å². The number of Topliss-reactive ketones (excluding diaryl/α,β-unsaturated/α-hetero) is 1. The maximum atomic E-state index is 12.7. The lowest BCUT2D eigenvalue weighted by molar-refractivity contribution is 0.0987. The van der Waals surface area contributed by atoms with Crippen LogP contribution in [-0.2, 0) is 12.8 Å². The standard InChI is InChI=1S/C20H23BO2/c1-14(2)23-20-7-5-4-6-17(20)19(22)13-15-8-9-16-10-11-21(3)18(16)12-15/h4-9,12,14H,10-11,13H2,1-3H3. The van der Waals surface area contributed by atoms with Crippen molar-refractivity contribution in [3.8, 4) is 5.75 Å². The van der Waals surface area contributed by atoms with Crippen molar-refractivity contribution in [2.24, 2.45) is 0 Å². The van der Waals surface area contributed by atoms with Crippen molar-refractivity contribution in [3.63, 3.8) is 0 Å². The van der Waals surface area contributed by atoms with Crippen LogP contribution in [0.1, 0.15) is 35.3 Å². The zero-order valence-electron chi connectivity index (χ0n) is 14.1. The molecular formula is C20H23BO2. The summed E-state index contributed by atoms with van der Waals surface area (Å²) in [5, 5.41) is 0. The molecule has 0 atom stereocenters. The van der Waals surface area contributed by atoms with Gasteiger partial charge in [0.2, 0.25) is 0 Å². The Kier molecular flexibility index (Phi) is 4.56. The Bertz CT molecular complexity index is 721. The van der Waals surface area contributed by atoms with Gasteiger partial charge in [0.15, 0.2) is 12.5 Å². The summed E-state index contributed by atoms with van der Waals surface area (Å²) in [5.41, 5.74) is 4.64. The SMILES string of the molecule is CB1CCc2ccc(CC(=O)c3ccccc3OC(C)C)cc21. The molecule has 118 valence electrons. The normalized spacial score (nSPS) is 13.3. The molecule has 3 heteroatoms. The highest BCUT2D eigenvalue weighted by Gasteiger charge is 2.22. The average Bonchev–Trinajstić information content (AvgIpc) is 2.88. The summed E-state index contributed by atoms with van der Waals surface area (Å²) in [7, 11) is 0. The highest BCUT2D eigenvalue weighted by atomic mass is 16.5. The molecule has 1 aliphatic rings. The summed E-state index contributed by atoms with van der Waals surface area (Å²) in [5.74, 6) is 0.800. The van der Waals surface area contributed by atoms with Crippen LogP contribution in [-0.4, -0.2) is 18.6 Å². The van der Waals surface area contributed by atoms with Crippen molar-refractivity contribution in [1.82, 2.24) is 0 Å². The number of hydrogen-bond donors (Lipinski definition) is 0. The molecular weight excluding hydrogens is 283 g/mol. The lowest BCUT2D eigenvalue weighted by atomic mass is 9.48. The van der Waals surface area contributed by atoms with E-state index in [1.54, 1.807) is 0 Å². The first-order chi connectivity index (χ1) is 11.0. The Morgan fingerprint density at radius 2 is 2.00 bits per heavy atom. The molecule has 0 fully saturated rings. The van der Waals surface area contributed by atoms with Crippen LogP contribution in [0.25, 0.3) is 0 Å². The molecule has 0 unspecified atom stereocenters. The summed E-state index contributed by atoms with van der Waals surface area (Å²) in [4.78, 5) is 12.7. The van der Waals surface area contributed by atoms with Gasteiger partial charge in [0.25, 0.3) is 0 Å². The van der Waals surface area contributed by atoms with E-state index >= 15 is 0 Å². The van der Waals surface area contributed by atoms with E-state index in [9.17, 15) is 4.79 Å². The van der Waals surface area contributed by atoms with E-state index in [4.69, 9.17) is 4.74 Å². The van der Waals surface area contributed by atoms with Gasteiger partial charge in [-0.25, -0.2) is 0 Å². The van der Waals surface area contributed by atoms with Gasteiger partial charge in [0, 0.05) is 6.42 Å². The minimum absolute atomic E-state index is 0.0600. The fraction of sp³-hybridized carbons (Fsp3) is 0.350. The topological polar surface area (TPSA) is 26.3 Å². The number of aryl methyl sites for hydroxylation is 1. The van der Waals surface area contributed by atoms with Crippen LogP contribution < -0.4 is 10.2 Å². The van der Waals surface area contributed by atoms with E-state index in [1.807, 2.05) is 38.1 Å². The quantitative estimate of drug-likeness (QED) is 0.620. The molecule has 0 saturated heterocycles. The smallest absolute Gasteiger partial charge is 0.173 e. The second kappa shape index (κ2) is 6.61. The lowest BCUT2D eigenvalue weighted by Crippen LogP contribution is -2.23. The van der Waals surface area contributed by atoms with Gasteiger partial charge in [-0.1, -0.05) is 54.5 Å². The van der Waals surface area contributed by atoms with Crippen LogP contribution >= 0.6 is 0 Å². The number of rotatable bonds is 5. The van der Waals surface area contributed by atoms with Crippen molar-refractivity contribution in [2.45, 2.75) is 45.9 Å². The molecule has 0 saturated carbocycles. The molecule has 0 radical (unpaired) electrons. The number of para-hydroxylation sites is 1. The molecule has 0 amide bonds. The number of carbonyl (C=O) groups is 1. The molecule has 2 aromatic rings. The van der Waals surface area contributed by atoms with Crippen molar-refractivity contribution in [2.75, 3.05) is 0 Å². The van der Waals surface area contributed by atoms with Gasteiger partial charge in [-0.05, 0) is 38.0 Å². The summed E-state index contributed by atoms with van der Waals surface area (Å²) in [6.07, 6.45) is 2.87. The van der Waals surface area contributed by atoms with E-state index in [0.717, 1.165) is 12.0 Å². The number of ketones is 1. The van der Waals surface area contributed by atoms with Gasteiger partial charge < -0.3 is 4.74 Å². The van der Waals surface area contributed by atoms with Gasteiger partial charge in [-0.3, -0.25) is 4.79 Å². The van der Waals surface area contributed by atoms with E-state index < -0.39 is 0 Å². The van der Waals surface area contributed by atoms with E-state index in [-0.39, 0.29) is 11.9 Å². The predicted octanol–water partition coefficient (Wildman–Crippen LogP) is 3.79. The highest BCUT2D eigenvalue weighted by Crippen LogP contribution is 2.22. The molecule has 3 rings (SSSR count). The minimum atomic E-state index is 0.0600. The molecule has 0 spiro atoms. The second-order valence-electron chi connectivity index (χ2n) is 6.74. The van der Waals surface area contributed by atoms with E-state index in [0.29, 0.717) is 24.4 Å². The fourth-order valence-electron chi connectivity index (χ4n) is 3.30. The Morgan fingerprint density at radius 3 is 2.78 bits per heavy atom. The molecule has 1 aliphatic heterocycles. The Hall–Kier alpha value is -2.03. The molecule has 1 heterocycles. The van der Waals surface area contributed by atoms with Gasteiger partial charge in [0.1, 0.15) is 5.75 Å². The molecule has 2 aromatic carbocycles. The van der Waals surface area contributed by atoms with Gasteiger partial charge in [0.05, 0.1) is 11.7 Å². The summed E-state index contributed by atoms with van der Waals surface area (Å²) >= 11 is 0. The first-order valence-corrected chi connectivity index (χ1v) is 8.45. The fourth-order valence-corrected chi connectivity index (χ4v) is 3.30. The third kappa shape index (κ3) is 3.49. The molecule has 0 bridgehead atoms. The van der Waals surface area contributed by atoms with Crippen LogP contribution in [0, 0.1) is 0 Å². The lowest BCUT2D eigenvalue weighted by Gasteiger charge is -2.14. The summed E-state index contributed by atoms with van der Waals surface area (Å²) in [6.45, 7) is 6.83. The second-order valence-corrected chi connectivity index (χ2v) is 6.74. The third-order valence-corrected chi connectivity index (χ3v) is 4.50. The van der Waals surface area contributed by atoms with Crippen LogP contribution in [0.15, 0.2) is 42.5 Å². The zero-order chi connectivity index (χ0) is 16.4. The monoisotopic (exact) mass is 306 g/mol. The first-order valence-electron chi connectivity index (χ1n) is 8.45. The predicted molar refractivity (Wildman–Crippen MR) is 96.4 cm³/mol. The average molecular weight is 306 g/mol. The summed E-state index contributed by atoms with van der Waals surface area (Å²) in [6, 6.07) is 14.0. The van der Waals surface area contributed by atoms with Crippen molar-refractivity contribution < 1.29 is 9.53 Å². The van der Waals surface area contributed by atoms with Crippen LogP contribution in [0.2, 0.25) is 13.1 Å². The van der Waals surface area contributed by atoms with Crippen LogP contribution in [0.3, 0.4) is 0 Å². The van der Waals surface area contributed by atoms with Gasteiger partial charge in [-0.2, -0.15) is 0 Å². The van der Waals surface area contributed by atoms with Crippen LogP contribution in [0.5, 0.6) is 5.75 Å². The number of fused-ring (bicyclic) bond motifs is 1. The maximum Gasteiger partial charge on any atom is 0.173 e. The molecule has 2 nitrogen and oxygen atoms in total. The van der Waals surface area contributed by atoms with E-state index in [1.165, 1.54) is 17.3 Å². The van der Waals surface area contributed by atoms with Crippen molar-refractivity contribution in [3.05, 3.63) is 59.2 Å². The molecule has 0 N–H and O–H groups in total. The van der Waals surface area contributed by atoms with Crippen molar-refractivity contribution in [1.29, 1.82) is 0 Å². The largest absolute Gasteiger partial charge is 0.490 e. The van der Waals surface area contributed by atoms with Gasteiger partial charge in [-0.15, -0.1) is 0 Å². The van der Waals surface area contributed by atoms with Gasteiger partial charge >= 0.3 is 0 Å². The summed E-state index contributed by atoms with van der Waals surface area (Å²) < 4.78 is 5.77. The molecule has 0 aromatic heterocycles. The molecule has 0 aliphatic carbocycles. The number of ether oxygens (including phenoxy) is 1. The van der Waals surface area contributed by atoms with Crippen LogP contribution in [0.4, 0.5) is 0 Å². The first kappa shape index (κ1) is 15.9. The Labute approximate surface area is 139 Å². The number of hydrogen-bond acceptors (Lipinski definition) is 2. The maximum absolute atomic E-state index is 12.7. The third-order valence-electron chi connectivity index (χ3n) is 4.50.